The average molecular weight is 265 g/mol. The largest absolute Gasteiger partial charge is 0.372 e. The van der Waals surface area contributed by atoms with Crippen LogP contribution in [0.1, 0.15) is 24.2 Å². The van der Waals surface area contributed by atoms with Crippen molar-refractivity contribution in [2.45, 2.75) is 26.1 Å². The Morgan fingerprint density at radius 3 is 2.63 bits per heavy atom. The number of ether oxygens (including phenoxy) is 1. The summed E-state index contributed by atoms with van der Waals surface area (Å²) in [5.41, 5.74) is 2.73. The summed E-state index contributed by atoms with van der Waals surface area (Å²) in [5.74, 6) is 0.557. The molecule has 1 aromatic heterocycles. The molecule has 19 heavy (non-hydrogen) atoms. The molecule has 1 aliphatic heterocycles. The lowest BCUT2D eigenvalue weighted by Crippen LogP contribution is -2.45. The van der Waals surface area contributed by atoms with Crippen LogP contribution in [0.4, 0.5) is 5.82 Å². The highest BCUT2D eigenvalue weighted by molar-refractivity contribution is 5.93. The molecular formula is C13H19N3O3. The van der Waals surface area contributed by atoms with E-state index in [0.717, 1.165) is 18.9 Å². The van der Waals surface area contributed by atoms with Crippen molar-refractivity contribution < 1.29 is 14.4 Å². The minimum Gasteiger partial charge on any atom is -0.372 e. The van der Waals surface area contributed by atoms with Gasteiger partial charge in [-0.2, -0.15) is 0 Å². The lowest BCUT2D eigenvalue weighted by molar-refractivity contribution is -0.00546. The summed E-state index contributed by atoms with van der Waals surface area (Å²) in [4.78, 5) is 22.6. The van der Waals surface area contributed by atoms with E-state index in [-0.39, 0.29) is 18.1 Å². The van der Waals surface area contributed by atoms with Gasteiger partial charge in [-0.05, 0) is 26.0 Å². The highest BCUT2D eigenvalue weighted by Gasteiger charge is 2.23. The van der Waals surface area contributed by atoms with Gasteiger partial charge in [-0.1, -0.05) is 0 Å². The first kappa shape index (κ1) is 13.8. The van der Waals surface area contributed by atoms with Gasteiger partial charge in [0.1, 0.15) is 5.82 Å². The third-order valence-electron chi connectivity index (χ3n) is 2.95. The number of rotatable bonds is 3. The number of nitrogens with one attached hydrogen (secondary N) is 1. The molecular weight excluding hydrogens is 246 g/mol. The monoisotopic (exact) mass is 265 g/mol. The minimum absolute atomic E-state index is 0.182. The molecule has 2 heterocycles. The summed E-state index contributed by atoms with van der Waals surface area (Å²) in [5, 5.41) is 0. The number of anilines is 1. The summed E-state index contributed by atoms with van der Waals surface area (Å²) in [7, 11) is 1.40. The van der Waals surface area contributed by atoms with Crippen molar-refractivity contribution in [2.75, 3.05) is 25.1 Å². The quantitative estimate of drug-likeness (QED) is 0.826. The predicted molar refractivity (Wildman–Crippen MR) is 70.9 cm³/mol. The molecule has 0 spiro atoms. The first-order valence-electron chi connectivity index (χ1n) is 6.30. The first-order valence-corrected chi connectivity index (χ1v) is 6.30. The Morgan fingerprint density at radius 2 is 2.11 bits per heavy atom. The third kappa shape index (κ3) is 3.42. The number of nitrogens with zero attached hydrogens (tertiary/aromatic N) is 2. The van der Waals surface area contributed by atoms with Crippen LogP contribution < -0.4 is 10.4 Å². The lowest BCUT2D eigenvalue weighted by Gasteiger charge is -2.36. The van der Waals surface area contributed by atoms with E-state index in [1.54, 1.807) is 12.3 Å². The van der Waals surface area contributed by atoms with Crippen LogP contribution in [-0.4, -0.2) is 43.3 Å². The molecule has 104 valence electrons. The molecule has 6 heteroatoms. The van der Waals surface area contributed by atoms with E-state index in [2.05, 4.69) is 20.2 Å². The van der Waals surface area contributed by atoms with E-state index in [1.807, 2.05) is 19.9 Å². The smallest absolute Gasteiger partial charge is 0.276 e. The Kier molecular flexibility index (Phi) is 4.34. The van der Waals surface area contributed by atoms with Gasteiger partial charge in [0.05, 0.1) is 24.9 Å². The standard InChI is InChI=1S/C13H19N3O3/c1-9-7-16(8-10(2)19-9)12-5-4-11(6-14-12)13(17)15-18-3/h4-6,9-10H,7-8H2,1-3H3,(H,15,17)/t9-,10+. The first-order chi connectivity index (χ1) is 9.10. The summed E-state index contributed by atoms with van der Waals surface area (Å²) in [6.45, 7) is 5.70. The Hall–Kier alpha value is -1.66. The van der Waals surface area contributed by atoms with Crippen LogP contribution in [0, 0.1) is 0 Å². The van der Waals surface area contributed by atoms with E-state index in [9.17, 15) is 4.79 Å². The third-order valence-corrected chi connectivity index (χ3v) is 2.95. The lowest BCUT2D eigenvalue weighted by atomic mass is 10.2. The molecule has 0 unspecified atom stereocenters. The Morgan fingerprint density at radius 1 is 1.42 bits per heavy atom. The number of carbonyl (C=O) groups excluding carboxylic acids is 1. The van der Waals surface area contributed by atoms with Crippen molar-refractivity contribution in [3.63, 3.8) is 0 Å². The van der Waals surface area contributed by atoms with Crippen molar-refractivity contribution in [2.24, 2.45) is 0 Å². The summed E-state index contributed by atoms with van der Waals surface area (Å²) in [6, 6.07) is 3.58. The van der Waals surface area contributed by atoms with E-state index in [4.69, 9.17) is 4.74 Å². The molecule has 0 aromatic carbocycles. The second-order valence-electron chi connectivity index (χ2n) is 4.70. The van der Waals surface area contributed by atoms with Gasteiger partial charge >= 0.3 is 0 Å². The van der Waals surface area contributed by atoms with Crippen LogP contribution in [0.25, 0.3) is 0 Å². The molecule has 2 rings (SSSR count). The second kappa shape index (κ2) is 5.99. The Balaban J connectivity index is 2.07. The van der Waals surface area contributed by atoms with Crippen molar-refractivity contribution >= 4 is 11.7 Å². The number of hydrogen-bond acceptors (Lipinski definition) is 5. The number of pyridine rings is 1. The fourth-order valence-corrected chi connectivity index (χ4v) is 2.22. The van der Waals surface area contributed by atoms with Crippen LogP contribution in [0.2, 0.25) is 0 Å². The van der Waals surface area contributed by atoms with Crippen LogP contribution in [0.15, 0.2) is 18.3 Å². The SMILES string of the molecule is CONC(=O)c1ccc(N2C[C@@H](C)O[C@@H](C)C2)nc1. The molecule has 1 N–H and O–H groups in total. The number of carbonyl (C=O) groups is 1. The zero-order valence-corrected chi connectivity index (χ0v) is 11.4. The van der Waals surface area contributed by atoms with E-state index in [0.29, 0.717) is 5.56 Å². The Labute approximate surface area is 112 Å². The van der Waals surface area contributed by atoms with Crippen LogP contribution >= 0.6 is 0 Å². The minimum atomic E-state index is -0.301. The number of hydroxylamine groups is 1. The number of morpholine rings is 1. The predicted octanol–water partition coefficient (Wildman–Crippen LogP) is 0.986. The van der Waals surface area contributed by atoms with Gasteiger partial charge in [0, 0.05) is 19.3 Å². The molecule has 0 saturated carbocycles. The van der Waals surface area contributed by atoms with Gasteiger partial charge in [0.25, 0.3) is 5.91 Å². The zero-order chi connectivity index (χ0) is 13.8. The van der Waals surface area contributed by atoms with Crippen LogP contribution in [0.3, 0.4) is 0 Å². The van der Waals surface area contributed by atoms with Crippen molar-refractivity contribution in [3.8, 4) is 0 Å². The van der Waals surface area contributed by atoms with Gasteiger partial charge in [0.15, 0.2) is 0 Å². The molecule has 1 saturated heterocycles. The average Bonchev–Trinajstić information content (AvgIpc) is 2.38. The van der Waals surface area contributed by atoms with Gasteiger partial charge in [-0.15, -0.1) is 0 Å². The number of aromatic nitrogens is 1. The highest BCUT2D eigenvalue weighted by Crippen LogP contribution is 2.18. The van der Waals surface area contributed by atoms with Crippen molar-refractivity contribution in [3.05, 3.63) is 23.9 Å². The fraction of sp³-hybridized carbons (Fsp3) is 0.538. The molecule has 0 bridgehead atoms. The van der Waals surface area contributed by atoms with Crippen molar-refractivity contribution in [1.29, 1.82) is 0 Å². The molecule has 2 atom stereocenters. The maximum absolute atomic E-state index is 11.5. The summed E-state index contributed by atoms with van der Waals surface area (Å²) >= 11 is 0. The van der Waals surface area contributed by atoms with Gasteiger partial charge in [-0.25, -0.2) is 10.5 Å². The molecule has 1 aliphatic rings. The van der Waals surface area contributed by atoms with Gasteiger partial charge in [0.2, 0.25) is 0 Å². The van der Waals surface area contributed by atoms with Crippen LogP contribution in [-0.2, 0) is 9.57 Å². The summed E-state index contributed by atoms with van der Waals surface area (Å²) < 4.78 is 5.68. The molecule has 1 fully saturated rings. The second-order valence-corrected chi connectivity index (χ2v) is 4.70. The maximum Gasteiger partial charge on any atom is 0.276 e. The molecule has 0 aliphatic carbocycles. The fourth-order valence-electron chi connectivity index (χ4n) is 2.22. The molecule has 1 amide bonds. The van der Waals surface area contributed by atoms with Crippen molar-refractivity contribution in [1.82, 2.24) is 10.5 Å². The Bertz CT molecular complexity index is 425. The molecule has 1 aromatic rings. The van der Waals surface area contributed by atoms with E-state index in [1.165, 1.54) is 7.11 Å². The highest BCUT2D eigenvalue weighted by atomic mass is 16.6. The summed E-state index contributed by atoms with van der Waals surface area (Å²) in [6.07, 6.45) is 1.91. The van der Waals surface area contributed by atoms with Crippen LogP contribution in [0.5, 0.6) is 0 Å². The topological polar surface area (TPSA) is 63.7 Å². The van der Waals surface area contributed by atoms with Gasteiger partial charge in [-0.3, -0.25) is 9.63 Å². The number of hydrogen-bond donors (Lipinski definition) is 1. The van der Waals surface area contributed by atoms with Gasteiger partial charge < -0.3 is 9.64 Å². The number of amides is 1. The molecule has 0 radical (unpaired) electrons. The van der Waals surface area contributed by atoms with E-state index < -0.39 is 0 Å². The normalized spacial score (nSPS) is 23.2. The van der Waals surface area contributed by atoms with E-state index >= 15 is 0 Å². The maximum atomic E-state index is 11.5. The molecule has 6 nitrogen and oxygen atoms in total. The zero-order valence-electron chi connectivity index (χ0n) is 11.4.